The first-order chi connectivity index (χ1) is 33.2. The summed E-state index contributed by atoms with van der Waals surface area (Å²) in [5.41, 5.74) is 5.48. The van der Waals surface area contributed by atoms with Crippen molar-refractivity contribution >= 4 is 28.9 Å². The summed E-state index contributed by atoms with van der Waals surface area (Å²) in [4.78, 5) is 56.6. The number of likely N-dealkylation sites (tertiary alicyclic amines) is 4. The van der Waals surface area contributed by atoms with Crippen LogP contribution in [0.1, 0.15) is 101 Å². The Morgan fingerprint density at radius 1 is 0.913 bits per heavy atom. The molecule has 69 heavy (non-hydrogen) atoms. The Bertz CT molecular complexity index is 2550. The highest BCUT2D eigenvalue weighted by Crippen LogP contribution is 2.40. The Hall–Kier alpha value is -5.73. The van der Waals surface area contributed by atoms with E-state index in [1.807, 2.05) is 43.9 Å². The van der Waals surface area contributed by atoms with E-state index in [2.05, 4.69) is 59.4 Å². The minimum atomic E-state index is -0.902. The number of fused-ring (bicyclic) bond motifs is 3. The summed E-state index contributed by atoms with van der Waals surface area (Å²) in [7, 11) is 1.54. The van der Waals surface area contributed by atoms with Crippen LogP contribution in [0.2, 0.25) is 0 Å². The van der Waals surface area contributed by atoms with Gasteiger partial charge in [-0.3, -0.25) is 14.5 Å². The Kier molecular flexibility index (Phi) is 14.2. The molecule has 9 rings (SSSR count). The van der Waals surface area contributed by atoms with Crippen molar-refractivity contribution in [3.63, 3.8) is 0 Å². The number of terminal acetylenes is 1. The van der Waals surface area contributed by atoms with E-state index in [1.165, 1.54) is 23.3 Å². The van der Waals surface area contributed by atoms with Crippen molar-refractivity contribution < 1.29 is 29.3 Å². The Balaban J connectivity index is 0.732. The third kappa shape index (κ3) is 10.2. The number of nitrogens with zero attached hydrogens (tertiary/aromatic N) is 7. The van der Waals surface area contributed by atoms with Gasteiger partial charge in [0, 0.05) is 97.5 Å². The Labute approximate surface area is 406 Å². The van der Waals surface area contributed by atoms with Crippen LogP contribution in [0.5, 0.6) is 11.5 Å². The number of aliphatic hydroxyl groups is 1. The minimum Gasteiger partial charge on any atom is -0.507 e. The van der Waals surface area contributed by atoms with Crippen molar-refractivity contribution in [3.8, 4) is 35.1 Å². The number of benzene rings is 2. The molecule has 368 valence electrons. The molecule has 2 aromatic carbocycles. The highest BCUT2D eigenvalue weighted by atomic mass is 16.5. The smallest absolute Gasteiger partial charge is 0.318 e. The predicted molar refractivity (Wildman–Crippen MR) is 264 cm³/mol. The number of aromatic hydroxyl groups is 1. The number of para-hydroxylation sites is 1. The van der Waals surface area contributed by atoms with Gasteiger partial charge in [-0.2, -0.15) is 0 Å². The van der Waals surface area contributed by atoms with Crippen molar-refractivity contribution in [2.45, 2.75) is 128 Å². The lowest BCUT2D eigenvalue weighted by atomic mass is 9.85. The molecule has 4 amide bonds. The SMILES string of the molecule is C#Cc1ccc(CNC(=O)[C@@H]2C[C@@H](O)CN2C(=O)[C@@H](NC(=O)N2CCC(N3CCC(N4CCC(N5CCc6[nH]c7nnc(-c8ccccc8O)cc7c6[C@H]5C)CC4)CC3)CC2)C(C)(C)C)c(OC)c1. The van der Waals surface area contributed by atoms with Gasteiger partial charge in [-0.15, -0.1) is 16.6 Å². The molecule has 0 spiro atoms. The van der Waals surface area contributed by atoms with Crippen LogP contribution in [0, 0.1) is 17.8 Å². The number of phenolic OH excluding ortho intramolecular Hbond substituents is 1. The fourth-order valence-corrected chi connectivity index (χ4v) is 11.9. The lowest BCUT2D eigenvalue weighted by molar-refractivity contribution is -0.142. The van der Waals surface area contributed by atoms with Gasteiger partial charge in [0.2, 0.25) is 11.8 Å². The monoisotopic (exact) mass is 943 g/mol. The highest BCUT2D eigenvalue weighted by Gasteiger charge is 2.45. The number of piperidine rings is 3. The summed E-state index contributed by atoms with van der Waals surface area (Å²) in [6.07, 6.45) is 12.1. The number of H-pyrrole nitrogens is 1. The highest BCUT2D eigenvalue weighted by molar-refractivity contribution is 5.93. The maximum absolute atomic E-state index is 14.3. The van der Waals surface area contributed by atoms with E-state index in [0.29, 0.717) is 53.8 Å². The molecule has 5 aliphatic rings. The number of amides is 4. The van der Waals surface area contributed by atoms with Crippen LogP contribution in [-0.2, 0) is 22.6 Å². The number of β-amino-alcohol motifs (C(OH)–C–C–N with tert-alkyl or cyclic N) is 1. The molecule has 4 atom stereocenters. The lowest BCUT2D eigenvalue weighted by Gasteiger charge is -2.47. The van der Waals surface area contributed by atoms with E-state index in [1.54, 1.807) is 24.3 Å². The fraction of sp³-hybridized carbons (Fsp3) is 0.566. The maximum atomic E-state index is 14.3. The zero-order valence-corrected chi connectivity index (χ0v) is 40.9. The average Bonchev–Trinajstić information content (AvgIpc) is 3.95. The molecular weight excluding hydrogens is 873 g/mol. The van der Waals surface area contributed by atoms with Gasteiger partial charge in [-0.25, -0.2) is 4.79 Å². The molecule has 4 fully saturated rings. The zero-order chi connectivity index (χ0) is 48.6. The summed E-state index contributed by atoms with van der Waals surface area (Å²) in [6.45, 7) is 14.8. The molecule has 0 radical (unpaired) electrons. The lowest BCUT2D eigenvalue weighted by Crippen LogP contribution is -2.60. The molecule has 7 heterocycles. The van der Waals surface area contributed by atoms with Crippen molar-refractivity contribution in [1.82, 2.24) is 50.3 Å². The van der Waals surface area contributed by atoms with Crippen molar-refractivity contribution in [3.05, 3.63) is 70.9 Å². The van der Waals surface area contributed by atoms with E-state index >= 15 is 0 Å². The molecule has 16 heteroatoms. The molecule has 0 aliphatic carbocycles. The number of aliphatic hydroxyl groups excluding tert-OH is 1. The van der Waals surface area contributed by atoms with Gasteiger partial charge in [-0.1, -0.05) is 44.9 Å². The number of phenols is 1. The fourth-order valence-electron chi connectivity index (χ4n) is 11.9. The molecule has 0 bridgehead atoms. The molecule has 4 saturated heterocycles. The molecule has 0 saturated carbocycles. The zero-order valence-electron chi connectivity index (χ0n) is 40.9. The van der Waals surface area contributed by atoms with Gasteiger partial charge < -0.3 is 50.2 Å². The number of hydrogen-bond acceptors (Lipinski definition) is 11. The molecule has 4 aromatic rings. The van der Waals surface area contributed by atoms with E-state index < -0.39 is 23.6 Å². The largest absolute Gasteiger partial charge is 0.507 e. The van der Waals surface area contributed by atoms with Crippen molar-refractivity contribution in [2.24, 2.45) is 5.41 Å². The van der Waals surface area contributed by atoms with Crippen LogP contribution in [0.25, 0.3) is 22.3 Å². The third-order valence-corrected chi connectivity index (χ3v) is 15.8. The molecule has 5 aliphatic heterocycles. The van der Waals surface area contributed by atoms with Gasteiger partial charge in [0.25, 0.3) is 0 Å². The summed E-state index contributed by atoms with van der Waals surface area (Å²) in [5.74, 6) is 2.57. The summed E-state index contributed by atoms with van der Waals surface area (Å²) in [5, 5.41) is 37.3. The van der Waals surface area contributed by atoms with Gasteiger partial charge in [0.05, 0.1) is 18.9 Å². The van der Waals surface area contributed by atoms with Crippen molar-refractivity contribution in [1.29, 1.82) is 0 Å². The first-order valence-electron chi connectivity index (χ1n) is 25.1. The van der Waals surface area contributed by atoms with Gasteiger partial charge >= 0.3 is 6.03 Å². The predicted octanol–water partition coefficient (Wildman–Crippen LogP) is 5.04. The number of urea groups is 1. The summed E-state index contributed by atoms with van der Waals surface area (Å²) in [6, 6.07) is 14.4. The number of aromatic nitrogens is 3. The van der Waals surface area contributed by atoms with E-state index in [0.717, 1.165) is 94.3 Å². The Morgan fingerprint density at radius 2 is 1.58 bits per heavy atom. The van der Waals surface area contributed by atoms with Crippen LogP contribution in [0.4, 0.5) is 4.79 Å². The van der Waals surface area contributed by atoms with Crippen LogP contribution in [0.3, 0.4) is 0 Å². The van der Waals surface area contributed by atoms with E-state index in [9.17, 15) is 24.6 Å². The molecule has 16 nitrogen and oxygen atoms in total. The number of carbonyl (C=O) groups excluding carboxylic acids is 3. The molecular formula is C53H70N10O6. The summed E-state index contributed by atoms with van der Waals surface area (Å²) >= 11 is 0. The van der Waals surface area contributed by atoms with Gasteiger partial charge in [0.1, 0.15) is 23.6 Å². The molecule has 5 N–H and O–H groups in total. The van der Waals surface area contributed by atoms with E-state index in [-0.39, 0.29) is 49.1 Å². The number of ether oxygens (including phenoxy) is 1. The topological polar surface area (TPSA) is 183 Å². The quantitative estimate of drug-likeness (QED) is 0.135. The molecule has 2 aromatic heterocycles. The number of carbonyl (C=O) groups is 3. The third-order valence-electron chi connectivity index (χ3n) is 15.8. The van der Waals surface area contributed by atoms with Crippen LogP contribution in [0.15, 0.2) is 48.5 Å². The standard InChI is InChI=1S/C53H70N10O6/c1-7-34-12-13-35(46(28-34)69-6)31-54-50(66)44-29-39(64)32-63(44)51(67)48(53(3,4)5)56-52(68)61-25-16-37(17-26-61)59-21-14-36(15-22-59)60-23-18-38(19-24-60)62-27-20-42-47(33(62)2)41-30-43(57-58-49(41)55-42)40-10-8-9-11-45(40)65/h1,8-13,28,30,33,36-39,44,48,64-65H,14-27,29,31-32H2,2-6H3,(H,54,66)(H,55,58)(H,56,68)/t33-,39-,44+,48-/m1/s1. The van der Waals surface area contributed by atoms with Gasteiger partial charge in [0.15, 0.2) is 5.65 Å². The number of nitrogens with one attached hydrogen (secondary N) is 3. The second-order valence-corrected chi connectivity index (χ2v) is 21.0. The second kappa shape index (κ2) is 20.3. The molecule has 0 unspecified atom stereocenters. The number of methoxy groups -OCH3 is 1. The van der Waals surface area contributed by atoms with Crippen molar-refractivity contribution in [2.75, 3.05) is 59.5 Å². The van der Waals surface area contributed by atoms with Crippen LogP contribution >= 0.6 is 0 Å². The second-order valence-electron chi connectivity index (χ2n) is 21.0. The number of rotatable bonds is 10. The first-order valence-corrected chi connectivity index (χ1v) is 25.1. The van der Waals surface area contributed by atoms with E-state index in [4.69, 9.17) is 11.2 Å². The summed E-state index contributed by atoms with van der Waals surface area (Å²) < 4.78 is 5.48. The maximum Gasteiger partial charge on any atom is 0.318 e. The Morgan fingerprint density at radius 3 is 2.23 bits per heavy atom. The number of hydrogen-bond donors (Lipinski definition) is 5. The average molecular weight is 943 g/mol. The van der Waals surface area contributed by atoms with Gasteiger partial charge in [-0.05, 0) is 113 Å². The minimum absolute atomic E-state index is 0.00665. The number of aromatic amines is 1. The first kappa shape index (κ1) is 48.3. The normalized spacial score (nSPS) is 23.1. The van der Waals surface area contributed by atoms with Crippen LogP contribution < -0.4 is 15.4 Å². The van der Waals surface area contributed by atoms with Crippen LogP contribution in [-0.4, -0.2) is 164 Å².